The minimum Gasteiger partial charge on any atom is -0.491 e. The number of aliphatic hydroxyl groups excluding tert-OH is 1. The van der Waals surface area contributed by atoms with Crippen LogP contribution in [0.15, 0.2) is 48.5 Å². The number of hydroxylamine groups is 2. The third kappa shape index (κ3) is 5.19. The van der Waals surface area contributed by atoms with Gasteiger partial charge in [-0.05, 0) is 24.3 Å². The summed E-state index contributed by atoms with van der Waals surface area (Å²) >= 11 is 12.2. The summed E-state index contributed by atoms with van der Waals surface area (Å²) in [6, 6.07) is 13.8. The molecule has 2 aromatic rings. The van der Waals surface area contributed by atoms with E-state index in [2.05, 4.69) is 0 Å². The number of hydrogen-bond acceptors (Lipinski definition) is 5. The standard InChI is InChI=1S/C20H20Cl2N2O5/c1-13(25)23-10-19(27)24(20(23)17-8-7-14(21)9-18(17)22)29-12-15(26)11-28-16-5-3-2-4-6-16/h2-9,15,20,26H,10-12H2,1H3. The highest BCUT2D eigenvalue weighted by Gasteiger charge is 2.42. The van der Waals surface area contributed by atoms with Crippen molar-refractivity contribution in [2.24, 2.45) is 0 Å². The van der Waals surface area contributed by atoms with Gasteiger partial charge in [-0.25, -0.2) is 0 Å². The molecule has 1 N–H and O–H groups in total. The Morgan fingerprint density at radius 3 is 2.59 bits per heavy atom. The van der Waals surface area contributed by atoms with Crippen molar-refractivity contribution in [3.8, 4) is 5.75 Å². The number of nitrogens with zero attached hydrogens (tertiary/aromatic N) is 2. The Balaban J connectivity index is 1.70. The molecular formula is C20H20Cl2N2O5. The lowest BCUT2D eigenvalue weighted by atomic mass is 10.1. The molecule has 9 heteroatoms. The maximum absolute atomic E-state index is 12.5. The number of ether oxygens (including phenoxy) is 1. The smallest absolute Gasteiger partial charge is 0.268 e. The van der Waals surface area contributed by atoms with Crippen LogP contribution in [0.5, 0.6) is 5.75 Å². The zero-order valence-electron chi connectivity index (χ0n) is 15.6. The van der Waals surface area contributed by atoms with Gasteiger partial charge in [0.25, 0.3) is 5.91 Å². The molecular weight excluding hydrogens is 419 g/mol. The molecule has 0 spiro atoms. The molecule has 0 bridgehead atoms. The van der Waals surface area contributed by atoms with Crippen molar-refractivity contribution >= 4 is 35.0 Å². The SMILES string of the molecule is CC(=O)N1CC(=O)N(OCC(O)COc2ccccc2)C1c1ccc(Cl)cc1Cl. The van der Waals surface area contributed by atoms with Crippen LogP contribution in [0.3, 0.4) is 0 Å². The minimum atomic E-state index is -0.990. The molecule has 1 heterocycles. The van der Waals surface area contributed by atoms with E-state index in [1.807, 2.05) is 18.2 Å². The van der Waals surface area contributed by atoms with Crippen LogP contribution in [-0.4, -0.2) is 52.7 Å². The van der Waals surface area contributed by atoms with Gasteiger partial charge in [-0.1, -0.05) is 47.5 Å². The largest absolute Gasteiger partial charge is 0.491 e. The molecule has 1 saturated heterocycles. The summed E-state index contributed by atoms with van der Waals surface area (Å²) in [5.41, 5.74) is 0.493. The number of halogens is 2. The second-order valence-electron chi connectivity index (χ2n) is 6.48. The monoisotopic (exact) mass is 438 g/mol. The van der Waals surface area contributed by atoms with Crippen LogP contribution in [0.25, 0.3) is 0 Å². The summed E-state index contributed by atoms with van der Waals surface area (Å²) in [6.07, 6.45) is -1.84. The van der Waals surface area contributed by atoms with E-state index in [4.69, 9.17) is 32.8 Å². The molecule has 3 rings (SSSR count). The van der Waals surface area contributed by atoms with Crippen molar-refractivity contribution in [2.75, 3.05) is 19.8 Å². The molecule has 2 atom stereocenters. The van der Waals surface area contributed by atoms with Gasteiger partial charge in [0.2, 0.25) is 5.91 Å². The van der Waals surface area contributed by atoms with Gasteiger partial charge in [-0.15, -0.1) is 0 Å². The molecule has 0 aromatic heterocycles. The normalized spacial score (nSPS) is 17.5. The van der Waals surface area contributed by atoms with Gasteiger partial charge in [-0.3, -0.25) is 14.4 Å². The van der Waals surface area contributed by atoms with E-state index in [1.54, 1.807) is 24.3 Å². The molecule has 1 aliphatic heterocycles. The Morgan fingerprint density at radius 2 is 1.93 bits per heavy atom. The molecule has 29 heavy (non-hydrogen) atoms. The number of aliphatic hydroxyl groups is 1. The molecule has 2 aromatic carbocycles. The van der Waals surface area contributed by atoms with Gasteiger partial charge in [0, 0.05) is 22.5 Å². The predicted octanol–water partition coefficient (Wildman–Crippen LogP) is 3.05. The van der Waals surface area contributed by atoms with Crippen LogP contribution in [0.2, 0.25) is 10.0 Å². The van der Waals surface area contributed by atoms with Gasteiger partial charge < -0.3 is 14.7 Å². The van der Waals surface area contributed by atoms with Crippen molar-refractivity contribution in [1.82, 2.24) is 9.96 Å². The van der Waals surface area contributed by atoms with E-state index >= 15 is 0 Å². The Morgan fingerprint density at radius 1 is 1.21 bits per heavy atom. The molecule has 2 amide bonds. The molecule has 0 saturated carbocycles. The van der Waals surface area contributed by atoms with Crippen molar-refractivity contribution in [3.63, 3.8) is 0 Å². The molecule has 1 aliphatic rings. The maximum atomic E-state index is 12.5. The minimum absolute atomic E-state index is 0.0190. The molecule has 7 nitrogen and oxygen atoms in total. The number of hydrogen-bond donors (Lipinski definition) is 1. The van der Waals surface area contributed by atoms with Gasteiger partial charge in [0.05, 0.1) is 0 Å². The van der Waals surface area contributed by atoms with E-state index in [0.29, 0.717) is 21.4 Å². The lowest BCUT2D eigenvalue weighted by Gasteiger charge is -2.29. The first-order valence-electron chi connectivity index (χ1n) is 8.90. The Labute approximate surface area is 178 Å². The summed E-state index contributed by atoms with van der Waals surface area (Å²) < 4.78 is 5.48. The number of amides is 2. The number of benzene rings is 2. The molecule has 154 valence electrons. The molecule has 0 radical (unpaired) electrons. The number of para-hydroxylation sites is 1. The highest BCUT2D eigenvalue weighted by Crippen LogP contribution is 2.36. The zero-order valence-corrected chi connectivity index (χ0v) is 17.1. The Hall–Kier alpha value is -2.32. The van der Waals surface area contributed by atoms with E-state index in [-0.39, 0.29) is 25.7 Å². The van der Waals surface area contributed by atoms with Crippen molar-refractivity contribution in [1.29, 1.82) is 0 Å². The lowest BCUT2D eigenvalue weighted by Crippen LogP contribution is -2.37. The average molecular weight is 439 g/mol. The van der Waals surface area contributed by atoms with Gasteiger partial charge in [0.1, 0.15) is 31.6 Å². The first-order valence-corrected chi connectivity index (χ1v) is 9.65. The van der Waals surface area contributed by atoms with E-state index in [0.717, 1.165) is 5.06 Å². The summed E-state index contributed by atoms with van der Waals surface area (Å²) in [5, 5.41) is 12.0. The summed E-state index contributed by atoms with van der Waals surface area (Å²) in [4.78, 5) is 31.4. The maximum Gasteiger partial charge on any atom is 0.268 e. The molecule has 2 unspecified atom stereocenters. The van der Waals surface area contributed by atoms with Crippen LogP contribution in [0.1, 0.15) is 18.7 Å². The second kappa shape index (κ2) is 9.45. The number of carbonyl (C=O) groups is 2. The van der Waals surface area contributed by atoms with Gasteiger partial charge in [0.15, 0.2) is 6.17 Å². The lowest BCUT2D eigenvalue weighted by molar-refractivity contribution is -0.209. The first kappa shape index (κ1) is 21.4. The van der Waals surface area contributed by atoms with Crippen LogP contribution in [0, 0.1) is 0 Å². The van der Waals surface area contributed by atoms with Gasteiger partial charge >= 0.3 is 0 Å². The average Bonchev–Trinajstić information content (AvgIpc) is 3.02. The van der Waals surface area contributed by atoms with E-state index in [9.17, 15) is 14.7 Å². The first-order chi connectivity index (χ1) is 13.9. The summed E-state index contributed by atoms with van der Waals surface area (Å²) in [5.74, 6) is -0.127. The second-order valence-corrected chi connectivity index (χ2v) is 7.32. The Bertz CT molecular complexity index is 880. The zero-order chi connectivity index (χ0) is 21.0. The number of rotatable bonds is 7. The van der Waals surface area contributed by atoms with Crippen molar-refractivity contribution in [3.05, 3.63) is 64.1 Å². The fourth-order valence-electron chi connectivity index (χ4n) is 2.92. The molecule has 0 aliphatic carbocycles. The van der Waals surface area contributed by atoms with Gasteiger partial charge in [-0.2, -0.15) is 5.06 Å². The van der Waals surface area contributed by atoms with Crippen molar-refractivity contribution < 1.29 is 24.3 Å². The predicted molar refractivity (Wildman–Crippen MR) is 107 cm³/mol. The van der Waals surface area contributed by atoms with Crippen LogP contribution >= 0.6 is 23.2 Å². The van der Waals surface area contributed by atoms with E-state index in [1.165, 1.54) is 17.9 Å². The van der Waals surface area contributed by atoms with Crippen LogP contribution in [-0.2, 0) is 14.4 Å². The van der Waals surface area contributed by atoms with Crippen LogP contribution in [0.4, 0.5) is 0 Å². The third-order valence-electron chi connectivity index (χ3n) is 4.31. The van der Waals surface area contributed by atoms with Crippen molar-refractivity contribution in [2.45, 2.75) is 19.2 Å². The topological polar surface area (TPSA) is 79.3 Å². The fraction of sp³-hybridized carbons (Fsp3) is 0.300. The Kier molecular flexibility index (Phi) is 6.97. The summed E-state index contributed by atoms with van der Waals surface area (Å²) in [6.45, 7) is 0.979. The third-order valence-corrected chi connectivity index (χ3v) is 4.87. The fourth-order valence-corrected chi connectivity index (χ4v) is 3.43. The quantitative estimate of drug-likeness (QED) is 0.718. The highest BCUT2D eigenvalue weighted by molar-refractivity contribution is 6.35. The van der Waals surface area contributed by atoms with Crippen LogP contribution < -0.4 is 4.74 Å². The molecule has 1 fully saturated rings. The van der Waals surface area contributed by atoms with E-state index < -0.39 is 18.2 Å². The highest BCUT2D eigenvalue weighted by atomic mass is 35.5. The number of carbonyl (C=O) groups excluding carboxylic acids is 2. The summed E-state index contributed by atoms with van der Waals surface area (Å²) in [7, 11) is 0.